The fourth-order valence-corrected chi connectivity index (χ4v) is 2.96. The highest BCUT2D eigenvalue weighted by Crippen LogP contribution is 2.40. The number of nitrogens with zero attached hydrogens (tertiary/aromatic N) is 2. The predicted octanol–water partition coefficient (Wildman–Crippen LogP) is 3.32. The van der Waals surface area contributed by atoms with Gasteiger partial charge in [0.15, 0.2) is 0 Å². The number of anilines is 3. The molecule has 0 bridgehead atoms. The van der Waals surface area contributed by atoms with Crippen LogP contribution in [0.5, 0.6) is 5.75 Å². The lowest BCUT2D eigenvalue weighted by Crippen LogP contribution is -2.30. The first-order chi connectivity index (χ1) is 13.9. The molecular formula is C21H28N4O4. The fourth-order valence-electron chi connectivity index (χ4n) is 2.96. The zero-order valence-electron chi connectivity index (χ0n) is 17.2. The van der Waals surface area contributed by atoms with E-state index in [1.54, 1.807) is 25.3 Å². The summed E-state index contributed by atoms with van der Waals surface area (Å²) in [7, 11) is 2.91. The van der Waals surface area contributed by atoms with Crippen molar-refractivity contribution in [3.8, 4) is 5.75 Å². The normalized spacial score (nSPS) is 14.4. The molecule has 0 aliphatic heterocycles. The third-order valence-electron chi connectivity index (χ3n) is 4.94. The first kappa shape index (κ1) is 20.9. The molecule has 1 heterocycles. The van der Waals surface area contributed by atoms with E-state index >= 15 is 0 Å². The van der Waals surface area contributed by atoms with Crippen LogP contribution in [0.15, 0.2) is 24.3 Å². The van der Waals surface area contributed by atoms with Gasteiger partial charge >= 0.3 is 5.97 Å². The maximum Gasteiger partial charge on any atom is 0.337 e. The van der Waals surface area contributed by atoms with E-state index in [0.717, 1.165) is 18.5 Å². The van der Waals surface area contributed by atoms with Gasteiger partial charge in [-0.3, -0.25) is 0 Å². The molecule has 1 aromatic heterocycles. The summed E-state index contributed by atoms with van der Waals surface area (Å²) in [5.41, 5.74) is 1.96. The quantitative estimate of drug-likeness (QED) is 0.551. The molecule has 1 saturated carbocycles. The van der Waals surface area contributed by atoms with Gasteiger partial charge in [0.05, 0.1) is 43.8 Å². The van der Waals surface area contributed by atoms with Gasteiger partial charge in [-0.1, -0.05) is 13.8 Å². The minimum atomic E-state index is -0.429. The molecule has 156 valence electrons. The molecule has 0 saturated heterocycles. The molecule has 1 fully saturated rings. The molecule has 0 amide bonds. The van der Waals surface area contributed by atoms with Gasteiger partial charge in [0.25, 0.3) is 0 Å². The number of aromatic nitrogens is 2. The molecule has 8 heteroatoms. The van der Waals surface area contributed by atoms with Crippen LogP contribution in [0.1, 0.15) is 48.7 Å². The maximum absolute atomic E-state index is 11.9. The molecular weight excluding hydrogens is 372 g/mol. The van der Waals surface area contributed by atoms with Gasteiger partial charge in [-0.15, -0.1) is 0 Å². The predicted molar refractivity (Wildman–Crippen MR) is 111 cm³/mol. The van der Waals surface area contributed by atoms with E-state index in [0.29, 0.717) is 34.7 Å². The van der Waals surface area contributed by atoms with Crippen LogP contribution in [0.3, 0.4) is 0 Å². The van der Waals surface area contributed by atoms with E-state index in [2.05, 4.69) is 20.6 Å². The number of aliphatic hydroxyl groups excluding tert-OH is 1. The summed E-state index contributed by atoms with van der Waals surface area (Å²) < 4.78 is 10.2. The van der Waals surface area contributed by atoms with Gasteiger partial charge in [-0.05, 0) is 37.0 Å². The molecule has 3 rings (SSSR count). The largest absolute Gasteiger partial charge is 0.495 e. The van der Waals surface area contributed by atoms with Gasteiger partial charge in [-0.2, -0.15) is 4.98 Å². The summed E-state index contributed by atoms with van der Waals surface area (Å²) in [6, 6.07) is 6.79. The van der Waals surface area contributed by atoms with E-state index in [9.17, 15) is 9.90 Å². The van der Waals surface area contributed by atoms with E-state index in [-0.39, 0.29) is 18.6 Å². The van der Waals surface area contributed by atoms with Crippen molar-refractivity contribution >= 4 is 23.4 Å². The van der Waals surface area contributed by atoms with E-state index in [1.807, 2.05) is 19.9 Å². The Hall–Kier alpha value is -2.87. The van der Waals surface area contributed by atoms with Crippen LogP contribution in [-0.4, -0.2) is 47.9 Å². The lowest BCUT2D eigenvalue weighted by atomic mass is 10.1. The fraction of sp³-hybridized carbons (Fsp3) is 0.476. The van der Waals surface area contributed by atoms with Crippen molar-refractivity contribution < 1.29 is 19.4 Å². The van der Waals surface area contributed by atoms with Crippen LogP contribution in [0.25, 0.3) is 0 Å². The van der Waals surface area contributed by atoms with Gasteiger partial charge in [-0.25, -0.2) is 9.78 Å². The first-order valence-corrected chi connectivity index (χ1v) is 9.75. The number of hydrogen-bond donors (Lipinski definition) is 3. The van der Waals surface area contributed by atoms with Crippen molar-refractivity contribution in [3.63, 3.8) is 0 Å². The van der Waals surface area contributed by atoms with E-state index in [4.69, 9.17) is 9.47 Å². The Morgan fingerprint density at radius 3 is 2.59 bits per heavy atom. The summed E-state index contributed by atoms with van der Waals surface area (Å²) in [6.45, 7) is 4.05. The highest BCUT2D eigenvalue weighted by Gasteiger charge is 2.27. The molecule has 8 nitrogen and oxygen atoms in total. The van der Waals surface area contributed by atoms with Gasteiger partial charge < -0.3 is 25.2 Å². The number of nitrogens with one attached hydrogen (secondary N) is 2. The zero-order valence-corrected chi connectivity index (χ0v) is 17.2. The molecule has 0 unspecified atom stereocenters. The van der Waals surface area contributed by atoms with Gasteiger partial charge in [0.2, 0.25) is 5.95 Å². The number of methoxy groups -OCH3 is 2. The minimum absolute atomic E-state index is 0.00750. The smallest absolute Gasteiger partial charge is 0.337 e. The Labute approximate surface area is 170 Å². The lowest BCUT2D eigenvalue weighted by molar-refractivity contribution is 0.0600. The minimum Gasteiger partial charge on any atom is -0.495 e. The summed E-state index contributed by atoms with van der Waals surface area (Å²) >= 11 is 0. The number of aliphatic hydroxyl groups is 1. The highest BCUT2D eigenvalue weighted by atomic mass is 16.5. The molecule has 0 radical (unpaired) electrons. The van der Waals surface area contributed by atoms with Crippen molar-refractivity contribution in [2.24, 2.45) is 5.92 Å². The third-order valence-corrected chi connectivity index (χ3v) is 4.94. The standard InChI is InChI=1S/C21H28N4O4/c1-12(2)17(11-26)24-21-23-15(13-5-6-13)10-19(25-21)22-16-9-14(20(27)29-4)7-8-18(16)28-3/h7-10,12-13,17,26H,5-6,11H2,1-4H3,(H2,22,23,24,25)/t17-/m0/s1. The van der Waals surface area contributed by atoms with Crippen LogP contribution in [0.2, 0.25) is 0 Å². The highest BCUT2D eigenvalue weighted by molar-refractivity contribution is 5.91. The maximum atomic E-state index is 11.9. The van der Waals surface area contributed by atoms with Crippen LogP contribution in [0, 0.1) is 5.92 Å². The van der Waals surface area contributed by atoms with Crippen molar-refractivity contribution in [3.05, 3.63) is 35.5 Å². The van der Waals surface area contributed by atoms with Crippen molar-refractivity contribution in [1.82, 2.24) is 9.97 Å². The van der Waals surface area contributed by atoms with Crippen LogP contribution < -0.4 is 15.4 Å². The molecule has 1 aromatic carbocycles. The van der Waals surface area contributed by atoms with Crippen molar-refractivity contribution in [2.75, 3.05) is 31.5 Å². The van der Waals surface area contributed by atoms with Crippen LogP contribution in [0.4, 0.5) is 17.5 Å². The van der Waals surface area contributed by atoms with Crippen molar-refractivity contribution in [2.45, 2.75) is 38.6 Å². The number of carbonyl (C=O) groups is 1. The third kappa shape index (κ3) is 5.14. The van der Waals surface area contributed by atoms with Crippen LogP contribution in [-0.2, 0) is 4.74 Å². The van der Waals surface area contributed by atoms with E-state index in [1.165, 1.54) is 7.11 Å². The Bertz CT molecular complexity index is 868. The second-order valence-corrected chi connectivity index (χ2v) is 7.48. The molecule has 2 aromatic rings. The topological polar surface area (TPSA) is 106 Å². The number of rotatable bonds is 9. The molecule has 29 heavy (non-hydrogen) atoms. The second kappa shape index (κ2) is 9.09. The summed E-state index contributed by atoms with van der Waals surface area (Å²) in [6.07, 6.45) is 2.20. The van der Waals surface area contributed by atoms with Crippen molar-refractivity contribution in [1.29, 1.82) is 0 Å². The Morgan fingerprint density at radius 2 is 2.00 bits per heavy atom. The molecule has 0 spiro atoms. The average Bonchev–Trinajstić information content (AvgIpc) is 3.56. The SMILES string of the molecule is COC(=O)c1ccc(OC)c(Nc2cc(C3CC3)nc(N[C@@H](CO)C(C)C)n2)c1. The Balaban J connectivity index is 1.93. The second-order valence-electron chi connectivity index (χ2n) is 7.48. The van der Waals surface area contributed by atoms with Gasteiger partial charge in [0.1, 0.15) is 11.6 Å². The summed E-state index contributed by atoms with van der Waals surface area (Å²) in [4.78, 5) is 21.1. The molecule has 1 aliphatic rings. The van der Waals surface area contributed by atoms with Crippen LogP contribution >= 0.6 is 0 Å². The average molecular weight is 400 g/mol. The summed E-state index contributed by atoms with van der Waals surface area (Å²) in [5.74, 6) is 1.85. The van der Waals surface area contributed by atoms with E-state index < -0.39 is 5.97 Å². The lowest BCUT2D eigenvalue weighted by Gasteiger charge is -2.21. The number of carbonyl (C=O) groups excluding carboxylic acids is 1. The molecule has 1 aliphatic carbocycles. The first-order valence-electron chi connectivity index (χ1n) is 9.75. The monoisotopic (exact) mass is 400 g/mol. The molecule has 3 N–H and O–H groups in total. The number of benzene rings is 1. The Morgan fingerprint density at radius 1 is 1.24 bits per heavy atom. The van der Waals surface area contributed by atoms with Gasteiger partial charge in [0, 0.05) is 12.0 Å². The Kier molecular flexibility index (Phi) is 6.53. The number of esters is 1. The number of ether oxygens (including phenoxy) is 2. The number of hydrogen-bond acceptors (Lipinski definition) is 8. The molecule has 1 atom stereocenters. The zero-order chi connectivity index (χ0) is 21.0. The summed E-state index contributed by atoms with van der Waals surface area (Å²) in [5, 5.41) is 16.1.